The van der Waals surface area contributed by atoms with Gasteiger partial charge in [0.2, 0.25) is 0 Å². The van der Waals surface area contributed by atoms with E-state index in [1.165, 1.54) is 26.5 Å². The maximum Gasteiger partial charge on any atom is 0.435 e. The molecular weight excluding hydrogens is 367 g/mol. The average Bonchev–Trinajstić information content (AvgIpc) is 3.21. The molecule has 3 aromatic rings. The third kappa shape index (κ3) is 2.78. The Balaban J connectivity index is 1.77. The highest BCUT2D eigenvalue weighted by molar-refractivity contribution is 7.17. The molecule has 0 amide bonds. The Morgan fingerprint density at radius 2 is 2.12 bits per heavy atom. The van der Waals surface area contributed by atoms with Gasteiger partial charge in [0.05, 0.1) is 12.2 Å². The predicted octanol–water partition coefficient (Wildman–Crippen LogP) is 3.08. The van der Waals surface area contributed by atoms with Gasteiger partial charge in [-0.25, -0.2) is 9.38 Å². The van der Waals surface area contributed by atoms with Crippen LogP contribution in [0.1, 0.15) is 46.4 Å². The third-order valence-corrected chi connectivity index (χ3v) is 5.21. The number of nitrogens with zero attached hydrogens (tertiary/aromatic N) is 5. The summed E-state index contributed by atoms with van der Waals surface area (Å²) in [5.41, 5.74) is -0.303. The highest BCUT2D eigenvalue weighted by Gasteiger charge is 2.37. The third-order valence-electron chi connectivity index (χ3n) is 4.26. The normalized spacial score (nSPS) is 14.7. The molecule has 0 atom stereocenters. The zero-order chi connectivity index (χ0) is 18.6. The Bertz CT molecular complexity index is 1110. The van der Waals surface area contributed by atoms with Crippen LogP contribution in [0.2, 0.25) is 0 Å². The summed E-state index contributed by atoms with van der Waals surface area (Å²) in [6.07, 6.45) is -2.86. The fourth-order valence-electron chi connectivity index (χ4n) is 2.89. The molecule has 3 heterocycles. The summed E-state index contributed by atoms with van der Waals surface area (Å²) < 4.78 is 41.5. The van der Waals surface area contributed by atoms with E-state index in [4.69, 9.17) is 5.26 Å². The van der Waals surface area contributed by atoms with Crippen molar-refractivity contribution in [2.45, 2.75) is 38.4 Å². The molecule has 0 aromatic carbocycles. The summed E-state index contributed by atoms with van der Waals surface area (Å²) in [7, 11) is 0. The molecule has 0 radical (unpaired) electrons. The molecule has 1 aliphatic rings. The van der Waals surface area contributed by atoms with E-state index in [1.807, 2.05) is 6.07 Å². The molecule has 1 aliphatic carbocycles. The van der Waals surface area contributed by atoms with Crippen LogP contribution in [0.25, 0.3) is 4.96 Å². The van der Waals surface area contributed by atoms with Crippen LogP contribution in [-0.2, 0) is 12.7 Å². The van der Waals surface area contributed by atoms with Crippen molar-refractivity contribution in [3.8, 4) is 6.07 Å². The second-order valence-electron chi connectivity index (χ2n) is 6.21. The van der Waals surface area contributed by atoms with Gasteiger partial charge < -0.3 is 0 Å². The molecule has 0 N–H and O–H groups in total. The van der Waals surface area contributed by atoms with Crippen LogP contribution in [0, 0.1) is 18.3 Å². The number of nitriles is 1. The number of thiazole rings is 1. The monoisotopic (exact) mass is 379 g/mol. The lowest BCUT2D eigenvalue weighted by Gasteiger charge is -2.06. The van der Waals surface area contributed by atoms with Gasteiger partial charge in [-0.3, -0.25) is 9.48 Å². The predicted molar refractivity (Wildman–Crippen MR) is 87.1 cm³/mol. The Morgan fingerprint density at radius 1 is 1.38 bits per heavy atom. The van der Waals surface area contributed by atoms with E-state index in [-0.39, 0.29) is 18.2 Å². The van der Waals surface area contributed by atoms with E-state index in [0.29, 0.717) is 21.2 Å². The largest absolute Gasteiger partial charge is 0.435 e. The van der Waals surface area contributed by atoms with Crippen molar-refractivity contribution in [2.24, 2.45) is 0 Å². The van der Waals surface area contributed by atoms with E-state index in [1.54, 1.807) is 6.92 Å². The van der Waals surface area contributed by atoms with E-state index in [0.717, 1.165) is 18.9 Å². The molecule has 0 bridgehead atoms. The van der Waals surface area contributed by atoms with Crippen LogP contribution in [0.4, 0.5) is 13.2 Å². The maximum absolute atomic E-state index is 13.0. The van der Waals surface area contributed by atoms with Gasteiger partial charge in [-0.1, -0.05) is 0 Å². The SMILES string of the molecule is Cc1sc2nc(Cn3nc(C(F)(F)F)cc3C3CC3)cc(=O)n2c1C#N. The molecule has 0 spiro atoms. The summed E-state index contributed by atoms with van der Waals surface area (Å²) in [6, 6.07) is 4.29. The maximum atomic E-state index is 13.0. The number of hydrogen-bond donors (Lipinski definition) is 0. The first kappa shape index (κ1) is 16.8. The van der Waals surface area contributed by atoms with Gasteiger partial charge in [0, 0.05) is 22.6 Å². The van der Waals surface area contributed by atoms with Crippen molar-refractivity contribution >= 4 is 16.3 Å². The molecule has 0 aliphatic heterocycles. The highest BCUT2D eigenvalue weighted by atomic mass is 32.1. The fourth-order valence-corrected chi connectivity index (χ4v) is 3.83. The topological polar surface area (TPSA) is 76.0 Å². The van der Waals surface area contributed by atoms with Crippen LogP contribution in [-0.4, -0.2) is 19.2 Å². The van der Waals surface area contributed by atoms with Crippen LogP contribution < -0.4 is 5.56 Å². The van der Waals surface area contributed by atoms with Crippen LogP contribution >= 0.6 is 11.3 Å². The van der Waals surface area contributed by atoms with Gasteiger partial charge in [0.15, 0.2) is 10.7 Å². The first-order valence-corrected chi connectivity index (χ1v) is 8.66. The van der Waals surface area contributed by atoms with Crippen molar-refractivity contribution in [2.75, 3.05) is 0 Å². The Morgan fingerprint density at radius 3 is 2.73 bits per heavy atom. The fraction of sp³-hybridized carbons (Fsp3) is 0.375. The summed E-state index contributed by atoms with van der Waals surface area (Å²) in [5, 5.41) is 12.8. The molecular formula is C16H12F3N5OS. The minimum Gasteiger partial charge on any atom is -0.269 e. The van der Waals surface area contributed by atoms with E-state index < -0.39 is 17.4 Å². The lowest BCUT2D eigenvalue weighted by atomic mass is 10.2. The van der Waals surface area contributed by atoms with Crippen LogP contribution in [0.3, 0.4) is 0 Å². The Hall–Kier alpha value is -2.67. The zero-order valence-electron chi connectivity index (χ0n) is 13.5. The minimum absolute atomic E-state index is 0.0213. The van der Waals surface area contributed by atoms with Gasteiger partial charge in [0.25, 0.3) is 5.56 Å². The lowest BCUT2D eigenvalue weighted by Crippen LogP contribution is -2.18. The highest BCUT2D eigenvalue weighted by Crippen LogP contribution is 2.42. The van der Waals surface area contributed by atoms with Crippen molar-refractivity contribution in [3.05, 3.63) is 50.1 Å². The van der Waals surface area contributed by atoms with Gasteiger partial charge in [-0.15, -0.1) is 11.3 Å². The number of aryl methyl sites for hydroxylation is 1. The van der Waals surface area contributed by atoms with Gasteiger partial charge in [-0.05, 0) is 25.8 Å². The number of alkyl halides is 3. The second-order valence-corrected chi connectivity index (χ2v) is 7.39. The first-order valence-electron chi connectivity index (χ1n) is 7.85. The molecule has 4 rings (SSSR count). The van der Waals surface area contributed by atoms with Crippen LogP contribution in [0.5, 0.6) is 0 Å². The number of fused-ring (bicyclic) bond motifs is 1. The molecule has 10 heteroatoms. The minimum atomic E-state index is -4.52. The lowest BCUT2D eigenvalue weighted by molar-refractivity contribution is -0.141. The van der Waals surface area contributed by atoms with E-state index in [2.05, 4.69) is 10.1 Å². The average molecular weight is 379 g/mol. The Labute approximate surface area is 149 Å². The van der Waals surface area contributed by atoms with Gasteiger partial charge >= 0.3 is 6.18 Å². The molecule has 3 aromatic heterocycles. The van der Waals surface area contributed by atoms with Crippen molar-refractivity contribution in [3.63, 3.8) is 0 Å². The van der Waals surface area contributed by atoms with Crippen molar-refractivity contribution in [1.29, 1.82) is 5.26 Å². The second kappa shape index (κ2) is 5.67. The van der Waals surface area contributed by atoms with Crippen LogP contribution in [0.15, 0.2) is 16.9 Å². The molecule has 0 unspecified atom stereocenters. The van der Waals surface area contributed by atoms with Gasteiger partial charge in [-0.2, -0.15) is 23.5 Å². The number of hydrogen-bond acceptors (Lipinski definition) is 5. The molecule has 6 nitrogen and oxygen atoms in total. The summed E-state index contributed by atoms with van der Waals surface area (Å²) in [4.78, 5) is 17.7. The summed E-state index contributed by atoms with van der Waals surface area (Å²) in [5.74, 6) is 0.0672. The number of halogens is 3. The van der Waals surface area contributed by atoms with Crippen molar-refractivity contribution in [1.82, 2.24) is 19.2 Å². The van der Waals surface area contributed by atoms with Gasteiger partial charge in [0.1, 0.15) is 11.8 Å². The first-order chi connectivity index (χ1) is 12.3. The molecule has 0 saturated heterocycles. The zero-order valence-corrected chi connectivity index (χ0v) is 14.4. The summed E-state index contributed by atoms with van der Waals surface area (Å²) >= 11 is 1.19. The standard InChI is InChI=1S/C16H12F3N5OS/c1-8-12(6-20)24-14(25)4-10(21-15(24)26-8)7-23-11(9-2-3-9)5-13(22-23)16(17,18)19/h4-5,9H,2-3,7H2,1H3. The number of aromatic nitrogens is 4. The van der Waals surface area contributed by atoms with E-state index in [9.17, 15) is 18.0 Å². The molecule has 1 saturated carbocycles. The summed E-state index contributed by atoms with van der Waals surface area (Å²) in [6.45, 7) is 1.69. The molecule has 134 valence electrons. The van der Waals surface area contributed by atoms with Crippen molar-refractivity contribution < 1.29 is 13.2 Å². The quantitative estimate of drug-likeness (QED) is 0.701. The molecule has 1 fully saturated rings. The number of rotatable bonds is 3. The smallest absolute Gasteiger partial charge is 0.269 e. The molecule has 26 heavy (non-hydrogen) atoms. The Kier molecular flexibility index (Phi) is 3.66. The van der Waals surface area contributed by atoms with E-state index >= 15 is 0 Å².